The van der Waals surface area contributed by atoms with Gasteiger partial charge in [0, 0.05) is 6.42 Å². The van der Waals surface area contributed by atoms with Crippen molar-refractivity contribution < 1.29 is 89.4 Å². The zero-order chi connectivity index (χ0) is 61.9. The van der Waals surface area contributed by atoms with Crippen molar-refractivity contribution in [1.82, 2.24) is 5.32 Å². The van der Waals surface area contributed by atoms with E-state index >= 15 is 0 Å². The van der Waals surface area contributed by atoms with Gasteiger partial charge in [0.15, 0.2) is 18.9 Å². The number of hydrogen-bond donors (Lipinski definition) is 12. The summed E-state index contributed by atoms with van der Waals surface area (Å²) < 4.78 is 34.3. The number of rotatable bonds is 49. The van der Waals surface area contributed by atoms with E-state index in [1.165, 1.54) is 135 Å². The van der Waals surface area contributed by atoms with Crippen molar-refractivity contribution in [3.63, 3.8) is 0 Å². The largest absolute Gasteiger partial charge is 0.394 e. The normalized spacial score (nSPS) is 29.4. The van der Waals surface area contributed by atoms with Crippen molar-refractivity contribution in [2.45, 2.75) is 324 Å². The van der Waals surface area contributed by atoms with Crippen LogP contribution in [0.2, 0.25) is 0 Å². The predicted molar refractivity (Wildman–Crippen MR) is 328 cm³/mol. The fourth-order valence-corrected chi connectivity index (χ4v) is 11.0. The van der Waals surface area contributed by atoms with Crippen LogP contribution in [0.3, 0.4) is 0 Å². The number of ether oxygens (including phenoxy) is 6. The Hall–Kier alpha value is -2.51. The lowest BCUT2D eigenvalue weighted by Gasteiger charge is -2.48. The molecule has 0 aromatic carbocycles. The number of aliphatic hydroxyl groups excluding tert-OH is 11. The second-order valence-electron chi connectivity index (χ2n) is 23.6. The molecule has 85 heavy (non-hydrogen) atoms. The van der Waals surface area contributed by atoms with E-state index in [-0.39, 0.29) is 18.9 Å². The monoisotopic (exact) mass is 1210 g/mol. The number of allylic oxidation sites excluding steroid dienone is 9. The minimum atomic E-state index is -1.98. The van der Waals surface area contributed by atoms with Crippen molar-refractivity contribution in [1.29, 1.82) is 0 Å². The van der Waals surface area contributed by atoms with Crippen molar-refractivity contribution >= 4 is 5.91 Å². The van der Waals surface area contributed by atoms with Crippen LogP contribution in [0.15, 0.2) is 60.8 Å². The lowest BCUT2D eigenvalue weighted by atomic mass is 9.96. The number of amides is 1. The summed E-state index contributed by atoms with van der Waals surface area (Å²) in [6, 6.07) is -0.945. The lowest BCUT2D eigenvalue weighted by molar-refractivity contribution is -0.379. The van der Waals surface area contributed by atoms with E-state index in [1.807, 2.05) is 12.2 Å². The van der Waals surface area contributed by atoms with Crippen LogP contribution in [0.4, 0.5) is 0 Å². The van der Waals surface area contributed by atoms with Gasteiger partial charge in [-0.25, -0.2) is 0 Å². The average molecular weight is 1210 g/mol. The summed E-state index contributed by atoms with van der Waals surface area (Å²) in [6.07, 6.45) is 30.6. The van der Waals surface area contributed by atoms with Crippen molar-refractivity contribution in [3.8, 4) is 0 Å². The molecule has 19 nitrogen and oxygen atoms in total. The molecule has 0 aromatic rings. The summed E-state index contributed by atoms with van der Waals surface area (Å²) in [4.78, 5) is 13.3. The molecular formula is C66H117NO18. The molecule has 0 aromatic heterocycles. The molecular weight excluding hydrogens is 1090 g/mol. The molecule has 3 saturated heterocycles. The highest BCUT2D eigenvalue weighted by molar-refractivity contribution is 5.77. The molecule has 12 N–H and O–H groups in total. The highest BCUT2D eigenvalue weighted by Gasteiger charge is 2.53. The Morgan fingerprint density at radius 1 is 0.424 bits per heavy atom. The lowest BCUT2D eigenvalue weighted by Crippen LogP contribution is -2.66. The second-order valence-corrected chi connectivity index (χ2v) is 23.6. The van der Waals surface area contributed by atoms with Gasteiger partial charge in [0.25, 0.3) is 0 Å². The van der Waals surface area contributed by atoms with Crippen molar-refractivity contribution in [3.05, 3.63) is 60.8 Å². The number of hydrogen-bond acceptors (Lipinski definition) is 18. The van der Waals surface area contributed by atoms with Gasteiger partial charge < -0.3 is 89.9 Å². The molecule has 3 aliphatic heterocycles. The number of nitrogens with one attached hydrogen (secondary N) is 1. The highest BCUT2D eigenvalue weighted by Crippen LogP contribution is 2.33. The Balaban J connectivity index is 1.45. The minimum Gasteiger partial charge on any atom is -0.394 e. The maximum Gasteiger partial charge on any atom is 0.224 e. The number of carbonyl (C=O) groups excluding carboxylic acids is 1. The summed E-state index contributed by atoms with van der Waals surface area (Å²) in [5.41, 5.74) is 0. The third kappa shape index (κ3) is 31.2. The molecule has 19 heteroatoms. The molecule has 3 heterocycles. The first kappa shape index (κ1) is 76.7. The van der Waals surface area contributed by atoms with Crippen LogP contribution in [0.25, 0.3) is 0 Å². The van der Waals surface area contributed by atoms with Gasteiger partial charge >= 0.3 is 0 Å². The minimum absolute atomic E-state index is 0.0324. The van der Waals surface area contributed by atoms with Gasteiger partial charge in [-0.2, -0.15) is 0 Å². The molecule has 3 fully saturated rings. The maximum absolute atomic E-state index is 13.3. The SMILES string of the molecule is CC/C=C\C/C=C\C/C=C\C/C=C\C/C=C\CC(=O)NC(COC1OC(CO)C(OC2OC(CO)C(OC3OC(CO)C(O)C(O)C3O)C(O)C2O)C(O)C1O)C(O)CCCCCCCCCCCCCCCCCCCCCCCCCCC. The Kier molecular flexibility index (Phi) is 43.7. The van der Waals surface area contributed by atoms with Gasteiger partial charge in [0.2, 0.25) is 5.91 Å². The molecule has 0 spiro atoms. The third-order valence-corrected chi connectivity index (χ3v) is 16.4. The van der Waals surface area contributed by atoms with E-state index in [1.54, 1.807) is 6.08 Å². The number of unbranched alkanes of at least 4 members (excludes halogenated alkanes) is 24. The van der Waals surface area contributed by atoms with Gasteiger partial charge in [0.1, 0.15) is 73.2 Å². The van der Waals surface area contributed by atoms with Gasteiger partial charge in [-0.15, -0.1) is 0 Å². The average Bonchev–Trinajstić information content (AvgIpc) is 3.49. The first-order valence-electron chi connectivity index (χ1n) is 33.0. The molecule has 0 saturated carbocycles. The van der Waals surface area contributed by atoms with Crippen LogP contribution in [0, 0.1) is 0 Å². The van der Waals surface area contributed by atoms with E-state index in [2.05, 4.69) is 61.7 Å². The second kappa shape index (κ2) is 48.4. The first-order valence-corrected chi connectivity index (χ1v) is 33.0. The number of carbonyl (C=O) groups is 1. The van der Waals surface area contributed by atoms with Crippen molar-refractivity contribution in [2.75, 3.05) is 26.4 Å². The van der Waals surface area contributed by atoms with E-state index in [0.29, 0.717) is 19.3 Å². The van der Waals surface area contributed by atoms with E-state index in [9.17, 15) is 61.0 Å². The Morgan fingerprint density at radius 3 is 1.16 bits per heavy atom. The summed E-state index contributed by atoms with van der Waals surface area (Å²) in [6.45, 7) is 1.61. The Bertz CT molecular complexity index is 1780. The smallest absolute Gasteiger partial charge is 0.224 e. The van der Waals surface area contributed by atoms with Crippen molar-refractivity contribution in [2.24, 2.45) is 0 Å². The highest BCUT2D eigenvalue weighted by atomic mass is 16.8. The van der Waals surface area contributed by atoms with Gasteiger partial charge in [-0.1, -0.05) is 235 Å². The molecule has 3 aliphatic rings. The van der Waals surface area contributed by atoms with E-state index < -0.39 is 124 Å². The zero-order valence-electron chi connectivity index (χ0n) is 51.8. The fourth-order valence-electron chi connectivity index (χ4n) is 11.0. The first-order chi connectivity index (χ1) is 41.3. The van der Waals surface area contributed by atoms with Crippen LogP contribution in [0.1, 0.15) is 219 Å². The Labute approximate surface area is 509 Å². The third-order valence-electron chi connectivity index (χ3n) is 16.4. The van der Waals surface area contributed by atoms with E-state index in [0.717, 1.165) is 44.9 Å². The summed E-state index contributed by atoms with van der Waals surface area (Å²) >= 11 is 0. The molecule has 0 radical (unpaired) electrons. The van der Waals surface area contributed by atoms with E-state index in [4.69, 9.17) is 28.4 Å². The number of aliphatic hydroxyl groups is 11. The maximum atomic E-state index is 13.3. The van der Waals surface area contributed by atoms with Crippen LogP contribution >= 0.6 is 0 Å². The molecule has 3 rings (SSSR count). The predicted octanol–water partition coefficient (Wildman–Crippen LogP) is 7.60. The molecule has 494 valence electrons. The standard InChI is InChI=1S/C66H117NO18/c1-3-5-7-9-11-13-15-17-19-20-21-22-23-24-25-26-27-28-30-31-33-35-37-39-41-43-50(71)49(67-54(72)44-42-40-38-36-34-32-29-18-16-14-12-10-8-6-4-2)48-80-64-60(78)57(75)62(52(46-69)82-64)85-66-61(79)58(76)63(53(47-70)83-66)84-65-59(77)56(74)55(73)51(45-68)81-65/h6,8,12,14,18,29,34,36,40,42,49-53,55-66,68-71,73-79H,3-5,7,9-11,13,15-17,19-28,30-33,35,37-39,41,43-48H2,1-2H3,(H,67,72)/b8-6-,14-12-,29-18-,36-34-,42-40-. The van der Waals surface area contributed by atoms with Crippen LogP contribution in [-0.4, -0.2) is 193 Å². The molecule has 0 aliphatic carbocycles. The molecule has 17 unspecified atom stereocenters. The fraction of sp³-hybridized carbons (Fsp3) is 0.833. The summed E-state index contributed by atoms with van der Waals surface area (Å²) in [5.74, 6) is -0.369. The zero-order valence-corrected chi connectivity index (χ0v) is 51.8. The van der Waals surface area contributed by atoms with Gasteiger partial charge in [-0.05, 0) is 38.5 Å². The molecule has 1 amide bonds. The van der Waals surface area contributed by atoms with Gasteiger partial charge in [0.05, 0.1) is 38.6 Å². The quantitative estimate of drug-likeness (QED) is 0.0206. The van der Waals surface area contributed by atoms with Crippen LogP contribution in [0.5, 0.6) is 0 Å². The summed E-state index contributed by atoms with van der Waals surface area (Å²) in [5, 5.41) is 120. The molecule has 0 bridgehead atoms. The van der Waals surface area contributed by atoms with Crippen LogP contribution < -0.4 is 5.32 Å². The van der Waals surface area contributed by atoms with Crippen LogP contribution in [-0.2, 0) is 33.2 Å². The topological polar surface area (TPSA) is 307 Å². The van der Waals surface area contributed by atoms with Gasteiger partial charge in [-0.3, -0.25) is 4.79 Å². The summed E-state index contributed by atoms with van der Waals surface area (Å²) in [7, 11) is 0. The molecule has 17 atom stereocenters. The Morgan fingerprint density at radius 2 is 0.765 bits per heavy atom.